The predicted molar refractivity (Wildman–Crippen MR) is 66.2 cm³/mol. The molecule has 0 heterocycles. The van der Waals surface area contributed by atoms with Crippen molar-refractivity contribution in [2.24, 2.45) is 0 Å². The molecule has 0 unspecified atom stereocenters. The Kier molecular flexibility index (Phi) is 2.22. The van der Waals surface area contributed by atoms with Crippen molar-refractivity contribution in [2.75, 3.05) is 0 Å². The van der Waals surface area contributed by atoms with Crippen molar-refractivity contribution in [3.63, 3.8) is 0 Å². The highest BCUT2D eigenvalue weighted by Gasteiger charge is 2.25. The molecule has 0 radical (unpaired) electrons. The van der Waals surface area contributed by atoms with Crippen molar-refractivity contribution in [2.45, 2.75) is 12.8 Å². The number of rotatable bonds is 1. The molecule has 84 valence electrons. The van der Waals surface area contributed by atoms with E-state index in [1.54, 1.807) is 6.07 Å². The van der Waals surface area contributed by atoms with E-state index in [1.807, 2.05) is 36.4 Å². The zero-order valence-corrected chi connectivity index (χ0v) is 9.31. The monoisotopic (exact) mass is 224 g/mol. The summed E-state index contributed by atoms with van der Waals surface area (Å²) >= 11 is 0. The fourth-order valence-electron chi connectivity index (χ4n) is 2.43. The molecule has 1 aliphatic rings. The average Bonchev–Trinajstić information content (AvgIpc) is 2.73. The van der Waals surface area contributed by atoms with Gasteiger partial charge in [0.25, 0.3) is 0 Å². The molecule has 1 N–H and O–H groups in total. The van der Waals surface area contributed by atoms with Crippen LogP contribution in [0.1, 0.15) is 22.3 Å². The van der Waals surface area contributed by atoms with Gasteiger partial charge in [0, 0.05) is 17.5 Å². The first-order valence-electron chi connectivity index (χ1n) is 5.71. The molecule has 1 aliphatic carbocycles. The molecule has 0 spiro atoms. The second-order valence-corrected chi connectivity index (χ2v) is 4.28. The molecule has 0 fully saturated rings. The van der Waals surface area contributed by atoms with E-state index in [2.05, 4.69) is 0 Å². The number of phenols is 1. The Morgan fingerprint density at radius 2 is 1.65 bits per heavy atom. The van der Waals surface area contributed by atoms with Crippen LogP contribution in [0.15, 0.2) is 42.5 Å². The van der Waals surface area contributed by atoms with Gasteiger partial charge in [-0.05, 0) is 23.6 Å². The molecular weight excluding hydrogens is 212 g/mol. The van der Waals surface area contributed by atoms with E-state index in [9.17, 15) is 9.90 Å². The average molecular weight is 224 g/mol. The van der Waals surface area contributed by atoms with Gasteiger partial charge >= 0.3 is 0 Å². The number of carbonyl (C=O) groups is 1. The van der Waals surface area contributed by atoms with Gasteiger partial charge in [-0.1, -0.05) is 36.4 Å². The van der Waals surface area contributed by atoms with Crippen LogP contribution in [0.3, 0.4) is 0 Å². The second-order valence-electron chi connectivity index (χ2n) is 4.28. The maximum Gasteiger partial charge on any atom is 0.164 e. The number of aromatic hydroxyl groups is 1. The molecule has 3 rings (SSSR count). The van der Waals surface area contributed by atoms with Crippen LogP contribution in [0.5, 0.6) is 5.75 Å². The third-order valence-electron chi connectivity index (χ3n) is 3.23. The topological polar surface area (TPSA) is 37.3 Å². The first-order valence-corrected chi connectivity index (χ1v) is 5.71. The molecule has 0 amide bonds. The van der Waals surface area contributed by atoms with Crippen LogP contribution in [0.25, 0.3) is 11.1 Å². The summed E-state index contributed by atoms with van der Waals surface area (Å²) in [7, 11) is 0. The lowest BCUT2D eigenvalue weighted by Crippen LogP contribution is -1.96. The van der Waals surface area contributed by atoms with Crippen LogP contribution in [-0.4, -0.2) is 10.9 Å². The van der Waals surface area contributed by atoms with Crippen LogP contribution in [0.4, 0.5) is 0 Å². The smallest absolute Gasteiger partial charge is 0.164 e. The Morgan fingerprint density at radius 3 is 2.41 bits per heavy atom. The maximum atomic E-state index is 11.9. The number of aryl methyl sites for hydroxylation is 1. The number of fused-ring (bicyclic) bond motifs is 1. The first kappa shape index (κ1) is 10.1. The predicted octanol–water partition coefficient (Wildman–Crippen LogP) is 3.19. The Morgan fingerprint density at radius 1 is 0.882 bits per heavy atom. The summed E-state index contributed by atoms with van der Waals surface area (Å²) in [6.45, 7) is 0. The summed E-state index contributed by atoms with van der Waals surface area (Å²) in [6, 6.07) is 13.1. The first-order chi connectivity index (χ1) is 8.27. The van der Waals surface area contributed by atoms with Gasteiger partial charge in [-0.3, -0.25) is 4.79 Å². The molecule has 0 saturated carbocycles. The molecule has 2 aromatic carbocycles. The standard InChI is InChI=1S/C15H12O2/c16-12-8-6-11-7-9-13(17)15(11)14(12)10-4-2-1-3-5-10/h1-6,8,16H,7,9H2. The number of hydrogen-bond donors (Lipinski definition) is 1. The minimum absolute atomic E-state index is 0.134. The van der Waals surface area contributed by atoms with Crippen LogP contribution >= 0.6 is 0 Å². The largest absolute Gasteiger partial charge is 0.507 e. The summed E-state index contributed by atoms with van der Waals surface area (Å²) in [6.07, 6.45) is 1.34. The fraction of sp³-hybridized carbons (Fsp3) is 0.133. The van der Waals surface area contributed by atoms with Crippen molar-refractivity contribution in [1.82, 2.24) is 0 Å². The van der Waals surface area contributed by atoms with Crippen molar-refractivity contribution >= 4 is 5.78 Å². The number of phenolic OH excluding ortho intramolecular Hbond substituents is 1. The molecule has 0 bridgehead atoms. The van der Waals surface area contributed by atoms with E-state index < -0.39 is 0 Å². The minimum atomic E-state index is 0.134. The van der Waals surface area contributed by atoms with Crippen LogP contribution in [0, 0.1) is 0 Å². The number of benzene rings is 2. The molecule has 0 aliphatic heterocycles. The van der Waals surface area contributed by atoms with E-state index in [4.69, 9.17) is 0 Å². The second kappa shape index (κ2) is 3.74. The van der Waals surface area contributed by atoms with Gasteiger partial charge in [0.1, 0.15) is 5.75 Å². The summed E-state index contributed by atoms with van der Waals surface area (Å²) < 4.78 is 0. The van der Waals surface area contributed by atoms with Crippen molar-refractivity contribution < 1.29 is 9.90 Å². The SMILES string of the molecule is O=C1CCc2ccc(O)c(-c3ccccc3)c21. The quantitative estimate of drug-likeness (QED) is 0.807. The highest BCUT2D eigenvalue weighted by molar-refractivity contribution is 6.07. The lowest BCUT2D eigenvalue weighted by Gasteiger charge is -2.10. The molecule has 0 atom stereocenters. The van der Waals surface area contributed by atoms with E-state index in [1.165, 1.54) is 0 Å². The molecule has 0 aromatic heterocycles. The third kappa shape index (κ3) is 1.53. The summed E-state index contributed by atoms with van der Waals surface area (Å²) in [5.74, 6) is 0.319. The molecular formula is C15H12O2. The Balaban J connectivity index is 2.30. The maximum absolute atomic E-state index is 11.9. The van der Waals surface area contributed by atoms with Crippen molar-refractivity contribution in [3.05, 3.63) is 53.6 Å². The van der Waals surface area contributed by atoms with Gasteiger partial charge in [0.15, 0.2) is 5.78 Å². The van der Waals surface area contributed by atoms with Gasteiger partial charge in [0.05, 0.1) is 0 Å². The Bertz CT molecular complexity index is 585. The van der Waals surface area contributed by atoms with E-state index in [-0.39, 0.29) is 11.5 Å². The third-order valence-corrected chi connectivity index (χ3v) is 3.23. The summed E-state index contributed by atoms with van der Waals surface area (Å²) in [4.78, 5) is 11.9. The van der Waals surface area contributed by atoms with Gasteiger partial charge in [-0.15, -0.1) is 0 Å². The van der Waals surface area contributed by atoms with Gasteiger partial charge < -0.3 is 5.11 Å². The van der Waals surface area contributed by atoms with E-state index in [0.717, 1.165) is 17.5 Å². The summed E-state index contributed by atoms with van der Waals surface area (Å²) in [5.41, 5.74) is 3.34. The van der Waals surface area contributed by atoms with Crippen molar-refractivity contribution in [3.8, 4) is 16.9 Å². The van der Waals surface area contributed by atoms with Crippen molar-refractivity contribution in [1.29, 1.82) is 0 Å². The van der Waals surface area contributed by atoms with Gasteiger partial charge in [-0.25, -0.2) is 0 Å². The van der Waals surface area contributed by atoms with Gasteiger partial charge in [-0.2, -0.15) is 0 Å². The number of Topliss-reactive ketones (excluding diaryl/α,β-unsaturated/α-hetero) is 1. The highest BCUT2D eigenvalue weighted by atomic mass is 16.3. The minimum Gasteiger partial charge on any atom is -0.507 e. The molecule has 2 aromatic rings. The number of ketones is 1. The Labute approximate surface area is 99.5 Å². The fourth-order valence-corrected chi connectivity index (χ4v) is 2.43. The van der Waals surface area contributed by atoms with E-state index in [0.29, 0.717) is 17.5 Å². The van der Waals surface area contributed by atoms with Crippen LogP contribution < -0.4 is 0 Å². The lowest BCUT2D eigenvalue weighted by atomic mass is 9.95. The Hall–Kier alpha value is -2.09. The summed E-state index contributed by atoms with van der Waals surface area (Å²) in [5, 5.41) is 9.99. The highest BCUT2D eigenvalue weighted by Crippen LogP contribution is 2.38. The molecule has 2 heteroatoms. The van der Waals surface area contributed by atoms with Gasteiger partial charge in [0.2, 0.25) is 0 Å². The molecule has 2 nitrogen and oxygen atoms in total. The van der Waals surface area contributed by atoms with E-state index >= 15 is 0 Å². The molecule has 17 heavy (non-hydrogen) atoms. The number of hydrogen-bond acceptors (Lipinski definition) is 2. The number of carbonyl (C=O) groups excluding carboxylic acids is 1. The molecule has 0 saturated heterocycles. The lowest BCUT2D eigenvalue weighted by molar-refractivity contribution is 0.0995. The zero-order valence-electron chi connectivity index (χ0n) is 9.31. The normalized spacial score (nSPS) is 13.8. The van der Waals surface area contributed by atoms with Crippen LogP contribution in [-0.2, 0) is 6.42 Å². The van der Waals surface area contributed by atoms with Crippen LogP contribution in [0.2, 0.25) is 0 Å². The zero-order chi connectivity index (χ0) is 11.8.